The first-order chi connectivity index (χ1) is 11.2. The number of hydrogen-bond acceptors (Lipinski definition) is 6. The molecule has 0 fully saturated rings. The monoisotopic (exact) mass is 345 g/mol. The first kappa shape index (κ1) is 21.8. The van der Waals surface area contributed by atoms with E-state index in [1.807, 2.05) is 0 Å². The molecule has 0 aliphatic carbocycles. The predicted molar refractivity (Wildman–Crippen MR) is 86.7 cm³/mol. The van der Waals surface area contributed by atoms with Gasteiger partial charge in [0.2, 0.25) is 17.7 Å². The van der Waals surface area contributed by atoms with Gasteiger partial charge >= 0.3 is 5.97 Å². The molecule has 0 spiro atoms. The highest BCUT2D eigenvalue weighted by atomic mass is 16.4. The van der Waals surface area contributed by atoms with Gasteiger partial charge in [0.25, 0.3) is 0 Å². The lowest BCUT2D eigenvalue weighted by molar-refractivity contribution is -0.142. The van der Waals surface area contributed by atoms with Gasteiger partial charge in [0.1, 0.15) is 18.1 Å². The van der Waals surface area contributed by atoms with Gasteiger partial charge in [-0.2, -0.15) is 0 Å². The summed E-state index contributed by atoms with van der Waals surface area (Å²) < 4.78 is 0. The van der Waals surface area contributed by atoms with Crippen molar-refractivity contribution < 1.29 is 24.3 Å². The standard InChI is InChI=1S/C14H27N5O5/c1-8(17-11(20)7-16)12(21)18-9(2)13(22)19-10(14(23)24)5-3-4-6-15/h8-10H,3-7,15-16H2,1-2H3,(H,17,20)(H,18,21)(H,19,22)(H,23,24). The lowest BCUT2D eigenvalue weighted by atomic mass is 10.1. The van der Waals surface area contributed by atoms with Crippen LogP contribution in [-0.4, -0.2) is 60.0 Å². The largest absolute Gasteiger partial charge is 0.480 e. The lowest BCUT2D eigenvalue weighted by Gasteiger charge is -2.20. The summed E-state index contributed by atoms with van der Waals surface area (Å²) >= 11 is 0. The number of nitrogens with one attached hydrogen (secondary N) is 3. The predicted octanol–water partition coefficient (Wildman–Crippen LogP) is -2.35. The first-order valence-electron chi connectivity index (χ1n) is 7.76. The smallest absolute Gasteiger partial charge is 0.326 e. The Balaban J connectivity index is 4.49. The summed E-state index contributed by atoms with van der Waals surface area (Å²) in [4.78, 5) is 46.1. The fraction of sp³-hybridized carbons (Fsp3) is 0.714. The Morgan fingerprint density at radius 3 is 1.96 bits per heavy atom. The number of amides is 3. The molecule has 24 heavy (non-hydrogen) atoms. The van der Waals surface area contributed by atoms with Crippen molar-refractivity contribution in [3.8, 4) is 0 Å². The van der Waals surface area contributed by atoms with Gasteiger partial charge in [-0.3, -0.25) is 14.4 Å². The summed E-state index contributed by atoms with van der Waals surface area (Å²) in [6.45, 7) is 3.06. The maximum Gasteiger partial charge on any atom is 0.326 e. The Kier molecular flexibility index (Phi) is 10.3. The van der Waals surface area contributed by atoms with Crippen LogP contribution in [0.5, 0.6) is 0 Å². The SMILES string of the molecule is CC(NC(=O)CN)C(=O)NC(C)C(=O)NC(CCCCN)C(=O)O. The van der Waals surface area contributed by atoms with Crippen molar-refractivity contribution in [2.24, 2.45) is 11.5 Å². The van der Waals surface area contributed by atoms with Crippen molar-refractivity contribution in [1.82, 2.24) is 16.0 Å². The van der Waals surface area contributed by atoms with E-state index in [1.54, 1.807) is 0 Å². The summed E-state index contributed by atoms with van der Waals surface area (Å²) in [5, 5.41) is 16.2. The molecule has 0 radical (unpaired) electrons. The highest BCUT2D eigenvalue weighted by molar-refractivity contribution is 5.93. The van der Waals surface area contributed by atoms with Crippen LogP contribution in [0, 0.1) is 0 Å². The van der Waals surface area contributed by atoms with E-state index >= 15 is 0 Å². The Labute approximate surface area is 140 Å². The molecule has 10 nitrogen and oxygen atoms in total. The van der Waals surface area contributed by atoms with Crippen molar-refractivity contribution in [2.45, 2.75) is 51.2 Å². The molecule has 0 bridgehead atoms. The first-order valence-corrected chi connectivity index (χ1v) is 7.76. The molecular formula is C14H27N5O5. The van der Waals surface area contributed by atoms with E-state index in [9.17, 15) is 19.2 Å². The van der Waals surface area contributed by atoms with Crippen molar-refractivity contribution in [3.05, 3.63) is 0 Å². The molecule has 0 aromatic rings. The van der Waals surface area contributed by atoms with E-state index in [0.29, 0.717) is 19.4 Å². The van der Waals surface area contributed by atoms with Crippen molar-refractivity contribution in [3.63, 3.8) is 0 Å². The number of carbonyl (C=O) groups is 4. The third kappa shape index (κ3) is 8.44. The summed E-state index contributed by atoms with van der Waals surface area (Å²) in [5.41, 5.74) is 10.5. The van der Waals surface area contributed by atoms with E-state index in [0.717, 1.165) is 0 Å². The number of hydrogen-bond donors (Lipinski definition) is 6. The van der Waals surface area contributed by atoms with Crippen molar-refractivity contribution in [2.75, 3.05) is 13.1 Å². The number of aliphatic carboxylic acids is 1. The Morgan fingerprint density at radius 2 is 1.46 bits per heavy atom. The van der Waals surface area contributed by atoms with E-state index in [1.165, 1.54) is 13.8 Å². The van der Waals surface area contributed by atoms with Gasteiger partial charge in [0, 0.05) is 0 Å². The van der Waals surface area contributed by atoms with Gasteiger partial charge in [-0.25, -0.2) is 4.79 Å². The fourth-order valence-electron chi connectivity index (χ4n) is 1.82. The molecule has 8 N–H and O–H groups in total. The molecule has 3 unspecified atom stereocenters. The molecule has 0 aromatic heterocycles. The minimum Gasteiger partial charge on any atom is -0.480 e. The van der Waals surface area contributed by atoms with Gasteiger partial charge in [-0.1, -0.05) is 0 Å². The van der Waals surface area contributed by atoms with Crippen LogP contribution in [0.1, 0.15) is 33.1 Å². The van der Waals surface area contributed by atoms with E-state index in [-0.39, 0.29) is 13.0 Å². The highest BCUT2D eigenvalue weighted by Gasteiger charge is 2.25. The molecule has 10 heteroatoms. The normalized spacial score (nSPS) is 14.2. The van der Waals surface area contributed by atoms with Crippen LogP contribution in [0.2, 0.25) is 0 Å². The number of carboxylic acids is 1. The zero-order chi connectivity index (χ0) is 18.7. The summed E-state index contributed by atoms with van der Waals surface area (Å²) in [5.74, 6) is -2.85. The van der Waals surface area contributed by atoms with Gasteiger partial charge in [-0.15, -0.1) is 0 Å². The van der Waals surface area contributed by atoms with Crippen LogP contribution in [0.3, 0.4) is 0 Å². The second-order valence-electron chi connectivity index (χ2n) is 5.41. The second kappa shape index (κ2) is 11.4. The summed E-state index contributed by atoms with van der Waals surface area (Å²) in [6.07, 6.45) is 1.48. The Hall–Kier alpha value is -2.20. The maximum absolute atomic E-state index is 12.0. The number of unbranched alkanes of at least 4 members (excludes halogenated alkanes) is 1. The minimum atomic E-state index is -1.15. The second-order valence-corrected chi connectivity index (χ2v) is 5.41. The third-order valence-corrected chi connectivity index (χ3v) is 3.27. The topological polar surface area (TPSA) is 177 Å². The van der Waals surface area contributed by atoms with Crippen molar-refractivity contribution >= 4 is 23.7 Å². The Morgan fingerprint density at radius 1 is 0.917 bits per heavy atom. The van der Waals surface area contributed by atoms with Gasteiger partial charge in [-0.05, 0) is 39.7 Å². The minimum absolute atomic E-state index is 0.252. The quantitative estimate of drug-likeness (QED) is 0.227. The molecule has 0 rings (SSSR count). The summed E-state index contributed by atoms with van der Waals surface area (Å²) in [6, 6.07) is -2.86. The highest BCUT2D eigenvalue weighted by Crippen LogP contribution is 2.01. The van der Waals surface area contributed by atoms with Crippen LogP contribution in [0.15, 0.2) is 0 Å². The van der Waals surface area contributed by atoms with Crippen molar-refractivity contribution in [1.29, 1.82) is 0 Å². The molecule has 138 valence electrons. The fourth-order valence-corrected chi connectivity index (χ4v) is 1.82. The summed E-state index contributed by atoms with van der Waals surface area (Å²) in [7, 11) is 0. The van der Waals surface area contributed by atoms with Gasteiger partial charge in [0.05, 0.1) is 6.54 Å². The van der Waals surface area contributed by atoms with E-state index in [2.05, 4.69) is 16.0 Å². The van der Waals surface area contributed by atoms with Crippen LogP contribution in [0.25, 0.3) is 0 Å². The molecule has 0 aliphatic heterocycles. The molecule has 3 atom stereocenters. The number of carboxylic acid groups (broad SMARTS) is 1. The molecule has 0 saturated carbocycles. The third-order valence-electron chi connectivity index (χ3n) is 3.27. The number of carbonyl (C=O) groups excluding carboxylic acids is 3. The maximum atomic E-state index is 12.0. The number of rotatable bonds is 11. The van der Waals surface area contributed by atoms with Gasteiger partial charge in [0.15, 0.2) is 0 Å². The molecule has 0 saturated heterocycles. The molecule has 0 heterocycles. The van der Waals surface area contributed by atoms with E-state index < -0.39 is 41.8 Å². The zero-order valence-corrected chi connectivity index (χ0v) is 14.0. The van der Waals surface area contributed by atoms with Crippen LogP contribution < -0.4 is 27.4 Å². The Bertz CT molecular complexity index is 457. The number of nitrogens with two attached hydrogens (primary N) is 2. The average molecular weight is 345 g/mol. The van der Waals surface area contributed by atoms with Gasteiger partial charge < -0.3 is 32.5 Å². The molecule has 0 aliphatic rings. The van der Waals surface area contributed by atoms with Crippen LogP contribution in [0.4, 0.5) is 0 Å². The average Bonchev–Trinajstić information content (AvgIpc) is 2.53. The van der Waals surface area contributed by atoms with Crippen LogP contribution >= 0.6 is 0 Å². The van der Waals surface area contributed by atoms with Crippen LogP contribution in [-0.2, 0) is 19.2 Å². The lowest BCUT2D eigenvalue weighted by Crippen LogP contribution is -2.54. The molecule has 0 aromatic carbocycles. The molecular weight excluding hydrogens is 318 g/mol. The van der Waals surface area contributed by atoms with E-state index in [4.69, 9.17) is 16.6 Å². The zero-order valence-electron chi connectivity index (χ0n) is 14.0. The molecule has 3 amide bonds.